The molecule has 1 saturated heterocycles. The van der Waals surface area contributed by atoms with Gasteiger partial charge in [0.25, 0.3) is 5.91 Å². The van der Waals surface area contributed by atoms with Gasteiger partial charge in [0.15, 0.2) is 0 Å². The van der Waals surface area contributed by atoms with Crippen LogP contribution >= 0.6 is 0 Å². The first-order valence-corrected chi connectivity index (χ1v) is 9.65. The highest BCUT2D eigenvalue weighted by Gasteiger charge is 2.11. The molecule has 2 N–H and O–H groups in total. The molecular weight excluding hydrogens is 338 g/mol. The summed E-state index contributed by atoms with van der Waals surface area (Å²) in [6, 6.07) is 17.4. The van der Waals surface area contributed by atoms with E-state index in [1.54, 1.807) is 12.1 Å². The molecule has 1 heterocycles. The van der Waals surface area contributed by atoms with E-state index in [0.29, 0.717) is 12.1 Å². The van der Waals surface area contributed by atoms with Crippen LogP contribution in [0.2, 0.25) is 0 Å². The zero-order valence-corrected chi connectivity index (χ0v) is 15.6. The second kappa shape index (κ2) is 9.88. The first-order chi connectivity index (χ1) is 13.2. The summed E-state index contributed by atoms with van der Waals surface area (Å²) in [5, 5.41) is 5.55. The van der Waals surface area contributed by atoms with Crippen LogP contribution in [0.3, 0.4) is 0 Å². The molecule has 1 fully saturated rings. The number of likely N-dealkylation sites (tertiary alicyclic amines) is 1. The van der Waals surface area contributed by atoms with Gasteiger partial charge in [0, 0.05) is 18.7 Å². The fourth-order valence-corrected chi connectivity index (χ4v) is 3.31. The van der Waals surface area contributed by atoms with Gasteiger partial charge in [0.1, 0.15) is 0 Å². The zero-order chi connectivity index (χ0) is 18.9. The first kappa shape index (κ1) is 19.1. The Labute approximate surface area is 160 Å². The Hall–Kier alpha value is -2.66. The molecule has 0 aromatic heterocycles. The standard InChI is InChI=1S/C22H27N3O2/c26-21(23-13-16-25-14-5-2-6-15-25)17-24-22(27)20-11-9-19(10-12-20)18-7-3-1-4-8-18/h1,3-4,7-12H,2,5-6,13-17H2,(H,23,26)(H,24,27). The topological polar surface area (TPSA) is 61.4 Å². The van der Waals surface area contributed by atoms with Gasteiger partial charge in [-0.3, -0.25) is 9.59 Å². The van der Waals surface area contributed by atoms with Gasteiger partial charge in [0.05, 0.1) is 6.54 Å². The highest BCUT2D eigenvalue weighted by Crippen LogP contribution is 2.19. The summed E-state index contributed by atoms with van der Waals surface area (Å²) in [6.07, 6.45) is 3.79. The van der Waals surface area contributed by atoms with Crippen molar-refractivity contribution in [2.24, 2.45) is 0 Å². The second-order valence-electron chi connectivity index (χ2n) is 6.88. The first-order valence-electron chi connectivity index (χ1n) is 9.65. The van der Waals surface area contributed by atoms with Crippen LogP contribution in [0.4, 0.5) is 0 Å². The molecule has 142 valence electrons. The quantitative estimate of drug-likeness (QED) is 0.793. The summed E-state index contributed by atoms with van der Waals surface area (Å²) >= 11 is 0. The summed E-state index contributed by atoms with van der Waals surface area (Å²) in [4.78, 5) is 26.5. The van der Waals surface area contributed by atoms with Gasteiger partial charge in [-0.05, 0) is 49.2 Å². The van der Waals surface area contributed by atoms with Crippen LogP contribution in [-0.2, 0) is 4.79 Å². The van der Waals surface area contributed by atoms with Gasteiger partial charge in [0.2, 0.25) is 5.91 Å². The van der Waals surface area contributed by atoms with Gasteiger partial charge in [-0.1, -0.05) is 48.9 Å². The molecule has 5 nitrogen and oxygen atoms in total. The van der Waals surface area contributed by atoms with E-state index in [4.69, 9.17) is 0 Å². The molecule has 5 heteroatoms. The number of hydrogen-bond donors (Lipinski definition) is 2. The average Bonchev–Trinajstić information content (AvgIpc) is 2.73. The Bertz CT molecular complexity index is 738. The normalized spacial score (nSPS) is 14.5. The number of benzene rings is 2. The predicted octanol–water partition coefficient (Wildman–Crippen LogP) is 2.69. The smallest absolute Gasteiger partial charge is 0.251 e. The summed E-state index contributed by atoms with van der Waals surface area (Å²) in [7, 11) is 0. The molecule has 2 amide bonds. The molecule has 0 unspecified atom stereocenters. The Morgan fingerprint density at radius 3 is 2.19 bits per heavy atom. The van der Waals surface area contributed by atoms with E-state index in [2.05, 4.69) is 15.5 Å². The van der Waals surface area contributed by atoms with Crippen molar-refractivity contribution in [3.63, 3.8) is 0 Å². The van der Waals surface area contributed by atoms with E-state index in [9.17, 15) is 9.59 Å². The predicted molar refractivity (Wildman–Crippen MR) is 108 cm³/mol. The fraction of sp³-hybridized carbons (Fsp3) is 0.364. The number of nitrogens with zero attached hydrogens (tertiary/aromatic N) is 1. The lowest BCUT2D eigenvalue weighted by Gasteiger charge is -2.26. The molecule has 1 aliphatic rings. The molecule has 0 radical (unpaired) electrons. The number of rotatable bonds is 7. The largest absolute Gasteiger partial charge is 0.353 e. The molecule has 0 bridgehead atoms. The minimum Gasteiger partial charge on any atom is -0.353 e. The third-order valence-electron chi connectivity index (χ3n) is 4.86. The Balaban J connectivity index is 1.40. The van der Waals surface area contributed by atoms with Gasteiger partial charge < -0.3 is 15.5 Å². The van der Waals surface area contributed by atoms with Crippen molar-refractivity contribution in [3.05, 3.63) is 60.2 Å². The highest BCUT2D eigenvalue weighted by molar-refractivity contribution is 5.96. The lowest BCUT2D eigenvalue weighted by Crippen LogP contribution is -2.41. The van der Waals surface area contributed by atoms with Crippen molar-refractivity contribution in [1.82, 2.24) is 15.5 Å². The third kappa shape index (κ3) is 5.93. The van der Waals surface area contributed by atoms with Crippen molar-refractivity contribution in [2.75, 3.05) is 32.7 Å². The van der Waals surface area contributed by atoms with Crippen LogP contribution in [0.25, 0.3) is 11.1 Å². The monoisotopic (exact) mass is 365 g/mol. The molecule has 27 heavy (non-hydrogen) atoms. The van der Waals surface area contributed by atoms with E-state index in [1.807, 2.05) is 42.5 Å². The Morgan fingerprint density at radius 1 is 0.815 bits per heavy atom. The van der Waals surface area contributed by atoms with E-state index < -0.39 is 0 Å². The Kier molecular flexibility index (Phi) is 6.99. The number of amides is 2. The van der Waals surface area contributed by atoms with E-state index in [0.717, 1.165) is 30.8 Å². The maximum Gasteiger partial charge on any atom is 0.251 e. The molecule has 0 aliphatic carbocycles. The molecule has 0 spiro atoms. The molecule has 2 aromatic rings. The summed E-state index contributed by atoms with van der Waals surface area (Å²) in [5.41, 5.74) is 2.72. The number of piperidine rings is 1. The SMILES string of the molecule is O=C(CNC(=O)c1ccc(-c2ccccc2)cc1)NCCN1CCCCC1. The maximum absolute atomic E-state index is 12.2. The van der Waals surface area contributed by atoms with Crippen LogP contribution in [0.15, 0.2) is 54.6 Å². The maximum atomic E-state index is 12.2. The number of carbonyl (C=O) groups is 2. The van der Waals surface area contributed by atoms with Crippen LogP contribution in [0.5, 0.6) is 0 Å². The zero-order valence-electron chi connectivity index (χ0n) is 15.6. The number of nitrogens with one attached hydrogen (secondary N) is 2. The summed E-state index contributed by atoms with van der Waals surface area (Å²) < 4.78 is 0. The van der Waals surface area contributed by atoms with Crippen molar-refractivity contribution in [1.29, 1.82) is 0 Å². The third-order valence-corrected chi connectivity index (χ3v) is 4.86. The molecule has 0 saturated carbocycles. The van der Waals surface area contributed by atoms with E-state index in [1.165, 1.54) is 19.3 Å². The Morgan fingerprint density at radius 2 is 1.48 bits per heavy atom. The number of hydrogen-bond acceptors (Lipinski definition) is 3. The van der Waals surface area contributed by atoms with E-state index >= 15 is 0 Å². The van der Waals surface area contributed by atoms with E-state index in [-0.39, 0.29) is 18.4 Å². The van der Waals surface area contributed by atoms with Crippen LogP contribution < -0.4 is 10.6 Å². The van der Waals surface area contributed by atoms with Crippen molar-refractivity contribution in [2.45, 2.75) is 19.3 Å². The second-order valence-corrected chi connectivity index (χ2v) is 6.88. The van der Waals surface area contributed by atoms with Crippen LogP contribution in [0.1, 0.15) is 29.6 Å². The molecule has 3 rings (SSSR count). The lowest BCUT2D eigenvalue weighted by molar-refractivity contribution is -0.120. The molecule has 1 aliphatic heterocycles. The minimum absolute atomic E-state index is 0.000724. The van der Waals surface area contributed by atoms with Crippen molar-refractivity contribution >= 4 is 11.8 Å². The lowest BCUT2D eigenvalue weighted by atomic mass is 10.0. The van der Waals surface area contributed by atoms with Gasteiger partial charge in [-0.25, -0.2) is 0 Å². The summed E-state index contributed by atoms with van der Waals surface area (Å²) in [5.74, 6) is -0.387. The number of carbonyl (C=O) groups excluding carboxylic acids is 2. The van der Waals surface area contributed by atoms with Crippen molar-refractivity contribution < 1.29 is 9.59 Å². The molecular formula is C22H27N3O2. The van der Waals surface area contributed by atoms with Crippen LogP contribution in [-0.4, -0.2) is 49.4 Å². The minimum atomic E-state index is -0.235. The molecule has 0 atom stereocenters. The summed E-state index contributed by atoms with van der Waals surface area (Å²) in [6.45, 7) is 3.73. The van der Waals surface area contributed by atoms with Crippen molar-refractivity contribution in [3.8, 4) is 11.1 Å². The highest BCUT2D eigenvalue weighted by atomic mass is 16.2. The van der Waals surface area contributed by atoms with Gasteiger partial charge in [-0.2, -0.15) is 0 Å². The fourth-order valence-electron chi connectivity index (χ4n) is 3.31. The van der Waals surface area contributed by atoms with Gasteiger partial charge >= 0.3 is 0 Å². The van der Waals surface area contributed by atoms with Gasteiger partial charge in [-0.15, -0.1) is 0 Å². The molecule has 2 aromatic carbocycles. The van der Waals surface area contributed by atoms with Crippen LogP contribution in [0, 0.1) is 0 Å². The average molecular weight is 365 g/mol.